The lowest BCUT2D eigenvalue weighted by Crippen LogP contribution is -2.12. The van der Waals surface area contributed by atoms with Gasteiger partial charge in [0.15, 0.2) is 5.82 Å². The Hall–Kier alpha value is -2.05. The number of rotatable bonds is 5. The smallest absolute Gasteiger partial charge is 0.235 e. The molecule has 0 aliphatic heterocycles. The third-order valence-electron chi connectivity index (χ3n) is 2.63. The van der Waals surface area contributed by atoms with Crippen molar-refractivity contribution in [3.05, 3.63) is 48.0 Å². The maximum Gasteiger partial charge on any atom is 0.235 e. The molecule has 19 heavy (non-hydrogen) atoms. The lowest BCUT2D eigenvalue weighted by molar-refractivity contribution is 0.737. The summed E-state index contributed by atoms with van der Waals surface area (Å²) in [5.74, 6) is 0.779. The summed E-state index contributed by atoms with van der Waals surface area (Å²) in [6.45, 7) is 5.16. The van der Waals surface area contributed by atoms with E-state index in [-0.39, 0.29) is 0 Å². The Bertz CT molecular complexity index is 685. The first-order valence-corrected chi connectivity index (χ1v) is 6.78. The zero-order valence-electron chi connectivity index (χ0n) is 10.3. The van der Waals surface area contributed by atoms with Crippen LogP contribution in [0.25, 0.3) is 16.3 Å². The molecule has 0 fully saturated rings. The number of hydrogen-bond acceptors (Lipinski definition) is 5. The second kappa shape index (κ2) is 5.29. The van der Waals surface area contributed by atoms with Crippen molar-refractivity contribution >= 4 is 16.3 Å². The average molecular weight is 271 g/mol. The highest BCUT2D eigenvalue weighted by Gasteiger charge is 2.12. The van der Waals surface area contributed by atoms with Crippen LogP contribution in [0.4, 0.5) is 0 Å². The zero-order chi connectivity index (χ0) is 13.1. The highest BCUT2D eigenvalue weighted by Crippen LogP contribution is 2.21. The van der Waals surface area contributed by atoms with Crippen LogP contribution in [-0.2, 0) is 6.54 Å². The van der Waals surface area contributed by atoms with E-state index >= 15 is 0 Å². The molecule has 1 N–H and O–H groups in total. The monoisotopic (exact) mass is 271 g/mol. The maximum atomic E-state index is 4.53. The molecule has 3 rings (SSSR count). The van der Waals surface area contributed by atoms with Crippen LogP contribution in [0.2, 0.25) is 0 Å². The Balaban J connectivity index is 1.92. The van der Waals surface area contributed by atoms with E-state index in [2.05, 4.69) is 27.2 Å². The molecule has 2 aromatic heterocycles. The van der Waals surface area contributed by atoms with Gasteiger partial charge < -0.3 is 5.32 Å². The Morgan fingerprint density at radius 2 is 2.11 bits per heavy atom. The summed E-state index contributed by atoms with van der Waals surface area (Å²) in [7, 11) is 0. The first-order valence-electron chi connectivity index (χ1n) is 5.96. The van der Waals surface area contributed by atoms with Crippen molar-refractivity contribution in [1.29, 1.82) is 0 Å². The predicted octanol–water partition coefficient (Wildman–Crippen LogP) is 2.13. The molecule has 0 bridgehead atoms. The maximum absolute atomic E-state index is 4.53. The van der Waals surface area contributed by atoms with Crippen LogP contribution in [0.15, 0.2) is 43.0 Å². The van der Waals surface area contributed by atoms with Gasteiger partial charge in [0, 0.05) is 18.7 Å². The van der Waals surface area contributed by atoms with Crippen LogP contribution in [0.5, 0.6) is 0 Å². The number of nitrogens with one attached hydrogen (secondary N) is 1. The molecule has 5 nitrogen and oxygen atoms in total. The van der Waals surface area contributed by atoms with Gasteiger partial charge in [-0.3, -0.25) is 0 Å². The van der Waals surface area contributed by atoms with Gasteiger partial charge in [-0.15, -0.1) is 16.8 Å². The minimum absolute atomic E-state index is 0.717. The normalized spacial score (nSPS) is 10.9. The lowest BCUT2D eigenvalue weighted by Gasteiger charge is -1.96. The van der Waals surface area contributed by atoms with Gasteiger partial charge in [-0.2, -0.15) is 9.61 Å². The molecule has 0 spiro atoms. The molecule has 0 saturated heterocycles. The Kier molecular flexibility index (Phi) is 3.35. The number of aromatic nitrogens is 4. The van der Waals surface area contributed by atoms with Crippen molar-refractivity contribution in [3.63, 3.8) is 0 Å². The van der Waals surface area contributed by atoms with Gasteiger partial charge in [-0.25, -0.2) is 0 Å². The lowest BCUT2D eigenvalue weighted by atomic mass is 10.2. The molecule has 0 saturated carbocycles. The van der Waals surface area contributed by atoms with Gasteiger partial charge in [0.25, 0.3) is 0 Å². The molecular formula is C13H13N5S. The minimum atomic E-state index is 0.717. The van der Waals surface area contributed by atoms with E-state index in [9.17, 15) is 0 Å². The van der Waals surface area contributed by atoms with Gasteiger partial charge in [0.2, 0.25) is 4.96 Å². The van der Waals surface area contributed by atoms with Gasteiger partial charge in [0.05, 0.1) is 0 Å². The summed E-state index contributed by atoms with van der Waals surface area (Å²) < 4.78 is 1.80. The number of fused-ring (bicyclic) bond motifs is 1. The molecule has 0 aliphatic carbocycles. The summed E-state index contributed by atoms with van der Waals surface area (Å²) in [6.07, 6.45) is 1.83. The van der Waals surface area contributed by atoms with Crippen molar-refractivity contribution in [1.82, 2.24) is 25.1 Å². The van der Waals surface area contributed by atoms with Crippen LogP contribution in [0, 0.1) is 0 Å². The van der Waals surface area contributed by atoms with E-state index in [4.69, 9.17) is 0 Å². The predicted molar refractivity (Wildman–Crippen MR) is 76.0 cm³/mol. The SMILES string of the molecule is C=CCNCc1nn2c(-c3ccccc3)nnc2s1. The van der Waals surface area contributed by atoms with Crippen LogP contribution < -0.4 is 5.32 Å². The summed E-state index contributed by atoms with van der Waals surface area (Å²) in [6, 6.07) is 9.95. The fourth-order valence-electron chi connectivity index (χ4n) is 1.78. The van der Waals surface area contributed by atoms with Crippen LogP contribution in [0.3, 0.4) is 0 Å². The van der Waals surface area contributed by atoms with Gasteiger partial charge >= 0.3 is 0 Å². The van der Waals surface area contributed by atoms with E-state index in [1.165, 1.54) is 0 Å². The summed E-state index contributed by atoms with van der Waals surface area (Å²) in [5.41, 5.74) is 1.02. The van der Waals surface area contributed by atoms with Crippen molar-refractivity contribution in [3.8, 4) is 11.4 Å². The molecule has 0 aliphatic rings. The molecule has 3 aromatic rings. The van der Waals surface area contributed by atoms with E-state index < -0.39 is 0 Å². The minimum Gasteiger partial charge on any atom is -0.307 e. The highest BCUT2D eigenvalue weighted by atomic mass is 32.1. The fourth-order valence-corrected chi connectivity index (χ4v) is 2.58. The molecule has 6 heteroatoms. The van der Waals surface area contributed by atoms with Crippen LogP contribution >= 0.6 is 11.3 Å². The molecule has 0 radical (unpaired) electrons. The second-order valence-electron chi connectivity index (χ2n) is 4.00. The molecule has 2 heterocycles. The summed E-state index contributed by atoms with van der Waals surface area (Å²) >= 11 is 1.54. The van der Waals surface area contributed by atoms with E-state index in [0.717, 1.165) is 27.9 Å². The van der Waals surface area contributed by atoms with Crippen molar-refractivity contribution in [2.24, 2.45) is 0 Å². The van der Waals surface area contributed by atoms with Gasteiger partial charge in [-0.05, 0) is 0 Å². The number of benzene rings is 1. The highest BCUT2D eigenvalue weighted by molar-refractivity contribution is 7.16. The zero-order valence-corrected chi connectivity index (χ0v) is 11.1. The summed E-state index contributed by atoms with van der Waals surface area (Å²) in [4.78, 5) is 0.814. The summed E-state index contributed by atoms with van der Waals surface area (Å²) in [5, 5.41) is 17.1. The average Bonchev–Trinajstić information content (AvgIpc) is 3.00. The number of nitrogens with zero attached hydrogens (tertiary/aromatic N) is 4. The van der Waals surface area contributed by atoms with Gasteiger partial charge in [-0.1, -0.05) is 47.7 Å². The van der Waals surface area contributed by atoms with E-state index in [1.807, 2.05) is 36.4 Å². The van der Waals surface area contributed by atoms with Crippen LogP contribution in [-0.4, -0.2) is 26.4 Å². The second-order valence-corrected chi connectivity index (χ2v) is 5.04. The van der Waals surface area contributed by atoms with Gasteiger partial charge in [0.1, 0.15) is 5.01 Å². The Morgan fingerprint density at radius 1 is 1.26 bits per heavy atom. The van der Waals surface area contributed by atoms with Crippen molar-refractivity contribution in [2.75, 3.05) is 6.54 Å². The van der Waals surface area contributed by atoms with E-state index in [0.29, 0.717) is 6.54 Å². The molecule has 0 amide bonds. The molecular weight excluding hydrogens is 258 g/mol. The number of hydrogen-bond donors (Lipinski definition) is 1. The largest absolute Gasteiger partial charge is 0.307 e. The quantitative estimate of drug-likeness (QED) is 0.570. The molecule has 1 aromatic carbocycles. The molecule has 0 unspecified atom stereocenters. The first-order chi connectivity index (χ1) is 9.38. The van der Waals surface area contributed by atoms with Crippen LogP contribution in [0.1, 0.15) is 5.01 Å². The van der Waals surface area contributed by atoms with E-state index in [1.54, 1.807) is 15.9 Å². The molecule has 0 atom stereocenters. The third-order valence-corrected chi connectivity index (χ3v) is 3.53. The standard InChI is InChI=1S/C13H13N5S/c1-2-8-14-9-11-17-18-12(15-16-13(18)19-11)10-6-4-3-5-7-10/h2-7,14H,1,8-9H2. The topological polar surface area (TPSA) is 55.1 Å². The first kappa shape index (κ1) is 12.0. The van der Waals surface area contributed by atoms with Crippen molar-refractivity contribution in [2.45, 2.75) is 6.54 Å². The van der Waals surface area contributed by atoms with Crippen molar-refractivity contribution < 1.29 is 0 Å². The Labute approximate surface area is 114 Å². The Morgan fingerprint density at radius 3 is 2.89 bits per heavy atom. The fraction of sp³-hybridized carbons (Fsp3) is 0.154. The third kappa shape index (κ3) is 2.40. The molecule has 96 valence electrons.